The maximum absolute atomic E-state index is 13.1. The Bertz CT molecular complexity index is 1100. The molecule has 3 atom stereocenters. The van der Waals surface area contributed by atoms with Crippen LogP contribution in [0, 0.1) is 0 Å². The molecule has 0 aliphatic heterocycles. The average molecular weight is 736 g/mol. The van der Waals surface area contributed by atoms with Crippen molar-refractivity contribution >= 4 is 11.9 Å². The highest BCUT2D eigenvalue weighted by atomic mass is 16.5. The Kier molecular flexibility index (Phi) is 37.5. The number of nitrogens with one attached hydrogen (secondary N) is 1. The van der Waals surface area contributed by atoms with Crippen molar-refractivity contribution in [3.8, 4) is 0 Å². The molecular weight excluding hydrogens is 659 g/mol. The highest BCUT2D eigenvalue weighted by Gasteiger charge is 2.23. The number of hydrogen-bond acceptors (Lipinski definition) is 5. The van der Waals surface area contributed by atoms with Crippen molar-refractivity contribution in [3.05, 3.63) is 97.2 Å². The lowest BCUT2D eigenvalue weighted by molar-refractivity contribution is -0.151. The molecule has 0 radical (unpaired) electrons. The van der Waals surface area contributed by atoms with Crippen LogP contribution in [-0.2, 0) is 14.3 Å². The summed E-state index contributed by atoms with van der Waals surface area (Å²) in [6.45, 7) is 6.11. The molecule has 1 amide bonds. The van der Waals surface area contributed by atoms with E-state index < -0.39 is 18.2 Å². The van der Waals surface area contributed by atoms with Gasteiger partial charge < -0.3 is 20.3 Å². The third-order valence-electron chi connectivity index (χ3n) is 8.85. The molecule has 0 aromatic rings. The van der Waals surface area contributed by atoms with Gasteiger partial charge in [0.1, 0.15) is 6.10 Å². The van der Waals surface area contributed by atoms with E-state index in [4.69, 9.17) is 4.74 Å². The van der Waals surface area contributed by atoms with E-state index in [2.05, 4.69) is 50.4 Å². The van der Waals surface area contributed by atoms with Crippen LogP contribution in [-0.4, -0.2) is 46.9 Å². The summed E-state index contributed by atoms with van der Waals surface area (Å²) >= 11 is 0. The first kappa shape index (κ1) is 49.8. The Morgan fingerprint density at radius 2 is 1.04 bits per heavy atom. The number of rotatable bonds is 35. The quantitative estimate of drug-likeness (QED) is 0.0342. The number of aliphatic hydroxyl groups is 2. The Labute approximate surface area is 325 Å². The fourth-order valence-electron chi connectivity index (χ4n) is 5.69. The monoisotopic (exact) mass is 736 g/mol. The maximum Gasteiger partial charge on any atom is 0.306 e. The van der Waals surface area contributed by atoms with Gasteiger partial charge in [0.2, 0.25) is 5.91 Å². The lowest BCUT2D eigenvalue weighted by Gasteiger charge is -2.24. The number of amides is 1. The SMILES string of the molecule is CC/C=C/C=C/C=C\C=C/CCCCCC(=O)OC(CCC\C=C/C=C\C=C\C=C\CC)CC(=O)NC(CO)C(O)CCCCCCCCCCCC. The number of esters is 1. The van der Waals surface area contributed by atoms with Crippen molar-refractivity contribution < 1.29 is 24.5 Å². The first-order chi connectivity index (χ1) is 26.0. The summed E-state index contributed by atoms with van der Waals surface area (Å²) in [6, 6.07) is -0.734. The van der Waals surface area contributed by atoms with Gasteiger partial charge in [0, 0.05) is 6.42 Å². The second kappa shape index (κ2) is 40.0. The normalized spacial score (nSPS) is 14.4. The fourth-order valence-corrected chi connectivity index (χ4v) is 5.69. The summed E-state index contributed by atoms with van der Waals surface area (Å²) in [5.74, 6) is -0.604. The van der Waals surface area contributed by atoms with E-state index in [1.807, 2.05) is 72.9 Å². The molecule has 6 nitrogen and oxygen atoms in total. The Morgan fingerprint density at radius 3 is 1.57 bits per heavy atom. The van der Waals surface area contributed by atoms with Crippen molar-refractivity contribution in [1.82, 2.24) is 5.32 Å². The zero-order chi connectivity index (χ0) is 38.9. The van der Waals surface area contributed by atoms with Gasteiger partial charge in [-0.2, -0.15) is 0 Å². The Hall–Kier alpha value is -3.22. The molecule has 0 bridgehead atoms. The molecule has 53 heavy (non-hydrogen) atoms. The molecule has 0 saturated heterocycles. The second-order valence-electron chi connectivity index (χ2n) is 13.8. The molecule has 0 saturated carbocycles. The minimum atomic E-state index is -0.814. The van der Waals surface area contributed by atoms with Crippen molar-refractivity contribution in [3.63, 3.8) is 0 Å². The van der Waals surface area contributed by atoms with Crippen LogP contribution < -0.4 is 5.32 Å². The molecule has 3 N–H and O–H groups in total. The predicted molar refractivity (Wildman–Crippen MR) is 227 cm³/mol. The summed E-state index contributed by atoms with van der Waals surface area (Å²) < 4.78 is 5.82. The van der Waals surface area contributed by atoms with Crippen LogP contribution >= 0.6 is 0 Å². The van der Waals surface area contributed by atoms with Crippen molar-refractivity contribution in [2.75, 3.05) is 6.61 Å². The lowest BCUT2D eigenvalue weighted by atomic mass is 10.0. The van der Waals surface area contributed by atoms with Gasteiger partial charge in [-0.15, -0.1) is 0 Å². The van der Waals surface area contributed by atoms with Gasteiger partial charge in [-0.1, -0.05) is 189 Å². The predicted octanol–water partition coefficient (Wildman–Crippen LogP) is 11.8. The minimum absolute atomic E-state index is 0.00922. The van der Waals surface area contributed by atoms with E-state index in [1.54, 1.807) is 0 Å². The van der Waals surface area contributed by atoms with Crippen LogP contribution in [0.2, 0.25) is 0 Å². The van der Waals surface area contributed by atoms with Gasteiger partial charge in [0.05, 0.1) is 25.2 Å². The third-order valence-corrected chi connectivity index (χ3v) is 8.85. The summed E-state index contributed by atoms with van der Waals surface area (Å²) in [7, 11) is 0. The maximum atomic E-state index is 13.1. The zero-order valence-corrected chi connectivity index (χ0v) is 33.9. The van der Waals surface area contributed by atoms with E-state index in [-0.39, 0.29) is 24.9 Å². The van der Waals surface area contributed by atoms with Crippen LogP contribution in [0.15, 0.2) is 97.2 Å². The molecule has 0 spiro atoms. The zero-order valence-electron chi connectivity index (χ0n) is 33.9. The highest BCUT2D eigenvalue weighted by Crippen LogP contribution is 2.15. The van der Waals surface area contributed by atoms with Gasteiger partial charge >= 0.3 is 5.97 Å². The molecule has 0 heterocycles. The molecule has 0 aliphatic rings. The topological polar surface area (TPSA) is 95.9 Å². The molecule has 0 fully saturated rings. The summed E-state index contributed by atoms with van der Waals surface area (Å²) in [4.78, 5) is 25.9. The third kappa shape index (κ3) is 35.6. The van der Waals surface area contributed by atoms with Gasteiger partial charge in [-0.25, -0.2) is 0 Å². The van der Waals surface area contributed by atoms with Crippen LogP contribution in [0.5, 0.6) is 0 Å². The van der Waals surface area contributed by atoms with Crippen LogP contribution in [0.25, 0.3) is 0 Å². The van der Waals surface area contributed by atoms with E-state index in [1.165, 1.54) is 44.9 Å². The van der Waals surface area contributed by atoms with Gasteiger partial charge in [0.25, 0.3) is 0 Å². The van der Waals surface area contributed by atoms with E-state index in [9.17, 15) is 19.8 Å². The van der Waals surface area contributed by atoms with Crippen LogP contribution in [0.4, 0.5) is 0 Å². The number of unbranched alkanes of at least 4 members (excludes halogenated alkanes) is 13. The Balaban J connectivity index is 4.80. The standard InChI is InChI=1S/C47H77NO5/c1-4-7-10-13-16-19-22-23-25-28-31-34-37-40-47(52)53-43(38-35-32-29-26-24-20-17-14-11-8-5-2)41-46(51)48-44(42-49)45(50)39-36-33-30-27-21-18-15-12-9-6-3/h7-8,10-11,13-14,16-17,19-20,22-26,29,43-45,49-50H,4-6,9,12,15,18,21,27-28,30-42H2,1-3H3,(H,48,51)/b10-7+,11-8+,16-13+,17-14+,22-19-,24-20-,25-23-,29-26-. The summed E-state index contributed by atoms with van der Waals surface area (Å²) in [5.41, 5.74) is 0. The Morgan fingerprint density at radius 1 is 0.566 bits per heavy atom. The number of carbonyl (C=O) groups is 2. The molecule has 0 aliphatic carbocycles. The van der Waals surface area contributed by atoms with Gasteiger partial charge in [0.15, 0.2) is 0 Å². The molecule has 3 unspecified atom stereocenters. The fraction of sp³-hybridized carbons (Fsp3) is 0.617. The van der Waals surface area contributed by atoms with Crippen molar-refractivity contribution in [2.45, 2.75) is 180 Å². The smallest absolute Gasteiger partial charge is 0.306 e. The highest BCUT2D eigenvalue weighted by molar-refractivity contribution is 5.77. The van der Waals surface area contributed by atoms with Crippen molar-refractivity contribution in [1.29, 1.82) is 0 Å². The van der Waals surface area contributed by atoms with Crippen molar-refractivity contribution in [2.24, 2.45) is 0 Å². The first-order valence-corrected chi connectivity index (χ1v) is 21.1. The number of aliphatic hydroxyl groups excluding tert-OH is 2. The number of ether oxygens (including phenoxy) is 1. The van der Waals surface area contributed by atoms with E-state index >= 15 is 0 Å². The molecule has 6 heteroatoms. The summed E-state index contributed by atoms with van der Waals surface area (Å²) in [5, 5.41) is 23.5. The van der Waals surface area contributed by atoms with Gasteiger partial charge in [-0.3, -0.25) is 9.59 Å². The molecule has 300 valence electrons. The van der Waals surface area contributed by atoms with E-state index in [0.717, 1.165) is 70.6 Å². The van der Waals surface area contributed by atoms with Gasteiger partial charge in [-0.05, 0) is 57.8 Å². The molecule has 0 rings (SSSR count). The molecular formula is C47H77NO5. The first-order valence-electron chi connectivity index (χ1n) is 21.1. The summed E-state index contributed by atoms with van der Waals surface area (Å²) in [6.07, 6.45) is 51.9. The number of carbonyl (C=O) groups excluding carboxylic acids is 2. The molecule has 0 aromatic heterocycles. The average Bonchev–Trinajstić information content (AvgIpc) is 3.15. The number of hydrogen-bond donors (Lipinski definition) is 3. The lowest BCUT2D eigenvalue weighted by Crippen LogP contribution is -2.46. The number of allylic oxidation sites excluding steroid dienone is 16. The minimum Gasteiger partial charge on any atom is -0.462 e. The van der Waals surface area contributed by atoms with Crippen LogP contribution in [0.1, 0.15) is 162 Å². The molecule has 0 aromatic carbocycles. The largest absolute Gasteiger partial charge is 0.462 e. The van der Waals surface area contributed by atoms with Crippen LogP contribution in [0.3, 0.4) is 0 Å². The van der Waals surface area contributed by atoms with E-state index in [0.29, 0.717) is 19.3 Å². The second-order valence-corrected chi connectivity index (χ2v) is 13.8.